The molecule has 0 radical (unpaired) electrons. The highest BCUT2D eigenvalue weighted by Gasteiger charge is 2.58. The third kappa shape index (κ3) is 18.0. The molecule has 2 heterocycles. The molecule has 3 aromatic carbocycles. The number of fused-ring (bicyclic) bond motifs is 2. The van der Waals surface area contributed by atoms with Gasteiger partial charge < -0.3 is 38.6 Å². The van der Waals surface area contributed by atoms with Crippen molar-refractivity contribution in [2.45, 2.75) is 136 Å². The monoisotopic (exact) mass is 1340 g/mol. The summed E-state index contributed by atoms with van der Waals surface area (Å²) >= 11 is 0. The molecule has 5 fully saturated rings. The molecular formula is C77H94N6O15. The Morgan fingerprint density at radius 2 is 1.15 bits per heavy atom. The second-order valence-electron chi connectivity index (χ2n) is 28.3. The van der Waals surface area contributed by atoms with Gasteiger partial charge in [-0.2, -0.15) is 0 Å². The number of nitrogens with zero attached hydrogens (tertiary/aromatic N) is 3. The number of likely N-dealkylation sites (tertiary alicyclic amines) is 1. The molecule has 21 nitrogen and oxygen atoms in total. The number of benzene rings is 3. The molecular weight excluding hydrogens is 1250 g/mol. The van der Waals surface area contributed by atoms with Gasteiger partial charge in [0.1, 0.15) is 28.3 Å². The highest BCUT2D eigenvalue weighted by Crippen LogP contribution is 2.58. The van der Waals surface area contributed by atoms with Gasteiger partial charge in [0.05, 0.1) is 39.7 Å². The molecule has 21 heteroatoms. The number of hydrogen-bond acceptors (Lipinski definition) is 16. The molecule has 2 aliphatic heterocycles. The van der Waals surface area contributed by atoms with E-state index in [9.17, 15) is 33.6 Å². The van der Waals surface area contributed by atoms with Crippen LogP contribution in [0, 0.1) is 59.2 Å². The molecule has 12 atom stereocenters. The Morgan fingerprint density at radius 1 is 0.612 bits per heavy atom. The number of hydroxylamine groups is 2. The second-order valence-corrected chi connectivity index (χ2v) is 28.3. The number of amides is 7. The SMILES string of the molecule is C=CC1CC(/C=C/C2CC(/C=C/c3ccccc3)C3C(=O)N(C[C@H]4CC(/C=C\C5CC(/C=C\c6ccccc6)c6c(OC)c(OC)c(C(=O)ON7C(=O)CCC7=O)c(OC)c65)CC4/C=C/CCC(C)=O)C(=O)C23)CC1C(=O)NCCN=C(NC(=O)OC(C)(C)C)NC(=O)OC(C)(C)C. The number of guanidine groups is 1. The molecule has 6 aliphatic rings. The van der Waals surface area contributed by atoms with Crippen molar-refractivity contribution in [1.82, 2.24) is 25.9 Å². The van der Waals surface area contributed by atoms with Crippen LogP contribution in [0.1, 0.15) is 157 Å². The van der Waals surface area contributed by atoms with Crippen molar-refractivity contribution in [3.05, 3.63) is 150 Å². The van der Waals surface area contributed by atoms with Crippen molar-refractivity contribution >= 4 is 71.6 Å². The minimum absolute atomic E-state index is 0.000666. The van der Waals surface area contributed by atoms with E-state index in [1.807, 2.05) is 78.9 Å². The largest absolute Gasteiger partial charge is 0.495 e. The lowest BCUT2D eigenvalue weighted by Gasteiger charge is -2.25. The molecule has 2 saturated heterocycles. The number of Topliss-reactive ketones (excluding diaryl/α,β-unsaturated/α-hetero) is 1. The van der Waals surface area contributed by atoms with E-state index in [0.717, 1.165) is 16.7 Å². The maximum Gasteiger partial charge on any atom is 0.414 e. The summed E-state index contributed by atoms with van der Waals surface area (Å²) in [7, 11) is 4.32. The lowest BCUT2D eigenvalue weighted by molar-refractivity contribution is -0.172. The minimum Gasteiger partial charge on any atom is -0.495 e. The van der Waals surface area contributed by atoms with E-state index in [1.165, 1.54) is 26.2 Å². The molecule has 0 aromatic heterocycles. The summed E-state index contributed by atoms with van der Waals surface area (Å²) in [6.45, 7) is 16.1. The van der Waals surface area contributed by atoms with Gasteiger partial charge in [0, 0.05) is 61.2 Å². The maximum absolute atomic E-state index is 15.3. The molecule has 9 rings (SSSR count). The fourth-order valence-corrected chi connectivity index (χ4v) is 14.8. The van der Waals surface area contributed by atoms with Crippen LogP contribution in [0.2, 0.25) is 0 Å². The van der Waals surface area contributed by atoms with Gasteiger partial charge >= 0.3 is 18.2 Å². The van der Waals surface area contributed by atoms with Gasteiger partial charge in [-0.3, -0.25) is 44.5 Å². The number of alkyl carbamates (subject to hydrolysis) is 2. The zero-order valence-electron chi connectivity index (χ0n) is 57.9. The van der Waals surface area contributed by atoms with Gasteiger partial charge in [-0.1, -0.05) is 127 Å². The van der Waals surface area contributed by atoms with Crippen molar-refractivity contribution in [2.24, 2.45) is 64.2 Å². The summed E-state index contributed by atoms with van der Waals surface area (Å²) in [4.78, 5) is 133. The normalized spacial score (nSPS) is 25.4. The fourth-order valence-electron chi connectivity index (χ4n) is 14.8. The van der Waals surface area contributed by atoms with Crippen LogP contribution < -0.4 is 30.2 Å². The highest BCUT2D eigenvalue weighted by atomic mass is 16.7. The number of ether oxygens (including phenoxy) is 5. The lowest BCUT2D eigenvalue weighted by atomic mass is 9.88. The average Bonchev–Trinajstić information content (AvgIpc) is 1.53. The first-order valence-corrected chi connectivity index (χ1v) is 34.0. The second kappa shape index (κ2) is 32.3. The summed E-state index contributed by atoms with van der Waals surface area (Å²) in [5, 5.41) is 8.37. The molecule has 7 amide bonds. The molecule has 3 saturated carbocycles. The van der Waals surface area contributed by atoms with Gasteiger partial charge in [0.15, 0.2) is 11.5 Å². The molecule has 4 aliphatic carbocycles. The average molecular weight is 1340 g/mol. The Balaban J connectivity index is 0.946. The summed E-state index contributed by atoms with van der Waals surface area (Å²) in [5.41, 5.74) is 1.55. The van der Waals surface area contributed by atoms with Gasteiger partial charge in [0.25, 0.3) is 11.8 Å². The molecule has 522 valence electrons. The predicted molar refractivity (Wildman–Crippen MR) is 370 cm³/mol. The van der Waals surface area contributed by atoms with Crippen LogP contribution in [0.15, 0.2) is 127 Å². The van der Waals surface area contributed by atoms with E-state index in [4.69, 9.17) is 28.5 Å². The zero-order chi connectivity index (χ0) is 70.6. The van der Waals surface area contributed by atoms with Gasteiger partial charge in [-0.15, -0.1) is 11.6 Å². The minimum atomic E-state index is -1.03. The number of imide groups is 2. The Morgan fingerprint density at radius 3 is 1.72 bits per heavy atom. The number of hydrogen-bond donors (Lipinski definition) is 3. The van der Waals surface area contributed by atoms with E-state index in [-0.39, 0.29) is 138 Å². The third-order valence-electron chi connectivity index (χ3n) is 19.0. The van der Waals surface area contributed by atoms with Crippen LogP contribution in [-0.2, 0) is 43.1 Å². The Hall–Kier alpha value is -9.40. The Bertz CT molecular complexity index is 3620. The number of aliphatic imine (C=N–C) groups is 1. The van der Waals surface area contributed by atoms with Crippen LogP contribution >= 0.6 is 0 Å². The van der Waals surface area contributed by atoms with Crippen LogP contribution in [0.4, 0.5) is 9.59 Å². The fraction of sp³-hybridized carbons (Fsp3) is 0.481. The van der Waals surface area contributed by atoms with Crippen LogP contribution in [-0.4, -0.2) is 122 Å². The van der Waals surface area contributed by atoms with Crippen molar-refractivity contribution in [3.8, 4) is 17.2 Å². The third-order valence-corrected chi connectivity index (χ3v) is 19.0. The van der Waals surface area contributed by atoms with E-state index in [1.54, 1.807) is 54.5 Å². The number of carbonyl (C=O) groups excluding carboxylic acids is 9. The van der Waals surface area contributed by atoms with Crippen molar-refractivity contribution in [1.29, 1.82) is 0 Å². The molecule has 11 unspecified atom stereocenters. The predicted octanol–water partition coefficient (Wildman–Crippen LogP) is 12.2. The first-order chi connectivity index (χ1) is 46.8. The quantitative estimate of drug-likeness (QED) is 0.0247. The summed E-state index contributed by atoms with van der Waals surface area (Å²) < 4.78 is 28.9. The Labute approximate surface area is 574 Å². The summed E-state index contributed by atoms with van der Waals surface area (Å²) in [6, 6.07) is 19.7. The zero-order valence-corrected chi connectivity index (χ0v) is 57.9. The van der Waals surface area contributed by atoms with Gasteiger partial charge in [0.2, 0.25) is 23.7 Å². The van der Waals surface area contributed by atoms with Crippen molar-refractivity contribution in [3.63, 3.8) is 0 Å². The maximum atomic E-state index is 15.3. The van der Waals surface area contributed by atoms with Crippen LogP contribution in [0.3, 0.4) is 0 Å². The standard InChI is InChI=1S/C77H94N6O15/c1-12-51-39-50(42-58(51)69(87)78-37-38-79-73(80-74(91)96-76(3,4)5)81-75(92)97-77(6,7)8)30-34-56-44-55(32-28-48-24-17-14-18-25-48)63-64(56)71(89)82(70(63)88)45-57-41-49(40-52(57)26-20-19-21-46(2)84)29-33-53-43-54(31-27-47-22-15-13-16-23-47)62-61(53)66(93-9)65(68(95-11)67(62)94-10)72(90)98-83-59(85)35-36-60(83)86/h12-18,20,22-34,49-58,63-64H,1,19,21,35-45H2,2-11H3,(H,78,87)(H2,79,80,81,91,92)/b26-20+,31-27-,32-28+,33-29-,34-30+/t49?,50?,51?,52?,53?,54?,55?,56?,57-,58?,63?,64?/m1/s1. The van der Waals surface area contributed by atoms with Gasteiger partial charge in [-0.25, -0.2) is 14.4 Å². The van der Waals surface area contributed by atoms with E-state index in [2.05, 4.69) is 70.1 Å². The van der Waals surface area contributed by atoms with Crippen molar-refractivity contribution < 1.29 is 71.7 Å². The highest BCUT2D eigenvalue weighted by molar-refractivity contribution is 6.07. The molecule has 3 aromatic rings. The molecule has 0 spiro atoms. The number of rotatable bonds is 24. The van der Waals surface area contributed by atoms with Crippen LogP contribution in [0.25, 0.3) is 12.2 Å². The summed E-state index contributed by atoms with van der Waals surface area (Å²) in [6.07, 6.45) is 25.4. The van der Waals surface area contributed by atoms with E-state index >= 15 is 9.59 Å². The smallest absolute Gasteiger partial charge is 0.414 e. The molecule has 0 bridgehead atoms. The number of nitrogens with one attached hydrogen (secondary N) is 3. The van der Waals surface area contributed by atoms with E-state index < -0.39 is 58.9 Å². The molecule has 3 N–H and O–H groups in total. The van der Waals surface area contributed by atoms with E-state index in [0.29, 0.717) is 62.0 Å². The molecule has 98 heavy (non-hydrogen) atoms. The summed E-state index contributed by atoms with van der Waals surface area (Å²) in [5.74, 6) is -5.80. The number of carbonyl (C=O) groups is 9. The number of methoxy groups -OCH3 is 3. The first kappa shape index (κ1) is 72.9. The van der Waals surface area contributed by atoms with Gasteiger partial charge in [-0.05, 0) is 146 Å². The van der Waals surface area contributed by atoms with Crippen molar-refractivity contribution in [2.75, 3.05) is 41.0 Å². The number of allylic oxidation sites excluding steroid dienone is 9. The van der Waals surface area contributed by atoms with Crippen LogP contribution in [0.5, 0.6) is 17.2 Å². The number of ketones is 1. The topological polar surface area (TPSA) is 264 Å². The lowest BCUT2D eigenvalue weighted by Crippen LogP contribution is -2.47. The Kier molecular flexibility index (Phi) is 24.0. The first-order valence-electron chi connectivity index (χ1n) is 34.0.